The number of aryl methyl sites for hydroxylation is 1. The smallest absolute Gasteiger partial charge is 0.228 e. The van der Waals surface area contributed by atoms with E-state index in [0.29, 0.717) is 29.7 Å². The molecule has 0 bridgehead atoms. The van der Waals surface area contributed by atoms with Gasteiger partial charge in [0.2, 0.25) is 5.91 Å². The molecule has 0 atom stereocenters. The Bertz CT molecular complexity index is 968. The molecule has 1 aliphatic heterocycles. The fourth-order valence-electron chi connectivity index (χ4n) is 2.88. The highest BCUT2D eigenvalue weighted by Crippen LogP contribution is 2.38. The standard InChI is InChI=1S/C18H16ClN3O3/c1-10-4-15-12(9-20-22-15)8-14(10)21-17(23)7-11-5-13(19)18-16(6-11)24-2-3-25-18/h4-6,8-9H,2-3,7H2,1H3,(H,20,22)(H,21,23). The largest absolute Gasteiger partial charge is 0.486 e. The molecule has 128 valence electrons. The van der Waals surface area contributed by atoms with E-state index in [0.717, 1.165) is 27.7 Å². The number of nitrogens with zero attached hydrogens (tertiary/aromatic N) is 1. The van der Waals surface area contributed by atoms with Crippen molar-refractivity contribution in [3.05, 3.63) is 46.6 Å². The van der Waals surface area contributed by atoms with Gasteiger partial charge in [0.05, 0.1) is 23.2 Å². The van der Waals surface area contributed by atoms with E-state index in [1.54, 1.807) is 18.3 Å². The van der Waals surface area contributed by atoms with Crippen LogP contribution in [-0.2, 0) is 11.2 Å². The zero-order valence-electron chi connectivity index (χ0n) is 13.6. The molecule has 0 spiro atoms. The Labute approximate surface area is 149 Å². The van der Waals surface area contributed by atoms with Crippen LogP contribution in [0.4, 0.5) is 5.69 Å². The minimum atomic E-state index is -0.126. The molecule has 7 heteroatoms. The summed E-state index contributed by atoms with van der Waals surface area (Å²) in [5, 5.41) is 11.3. The number of benzene rings is 2. The van der Waals surface area contributed by atoms with Crippen molar-refractivity contribution in [3.8, 4) is 11.5 Å². The number of amides is 1. The molecule has 2 aromatic carbocycles. The van der Waals surface area contributed by atoms with Crippen LogP contribution in [0.5, 0.6) is 11.5 Å². The van der Waals surface area contributed by atoms with Gasteiger partial charge in [-0.05, 0) is 42.3 Å². The number of anilines is 1. The number of rotatable bonds is 3. The van der Waals surface area contributed by atoms with Crippen molar-refractivity contribution in [2.75, 3.05) is 18.5 Å². The number of H-pyrrole nitrogens is 1. The number of fused-ring (bicyclic) bond motifs is 2. The number of nitrogens with one attached hydrogen (secondary N) is 2. The first-order valence-corrected chi connectivity index (χ1v) is 8.29. The molecule has 0 fully saturated rings. The van der Waals surface area contributed by atoms with Gasteiger partial charge < -0.3 is 14.8 Å². The van der Waals surface area contributed by atoms with Crippen LogP contribution in [0.2, 0.25) is 5.02 Å². The molecule has 0 radical (unpaired) electrons. The molecular weight excluding hydrogens is 342 g/mol. The van der Waals surface area contributed by atoms with Crippen LogP contribution in [-0.4, -0.2) is 29.3 Å². The lowest BCUT2D eigenvalue weighted by molar-refractivity contribution is -0.115. The number of aromatic nitrogens is 2. The lowest BCUT2D eigenvalue weighted by atomic mass is 10.1. The van der Waals surface area contributed by atoms with Gasteiger partial charge in [0.1, 0.15) is 13.2 Å². The topological polar surface area (TPSA) is 76.2 Å². The molecule has 0 saturated carbocycles. The molecule has 0 saturated heterocycles. The minimum absolute atomic E-state index is 0.126. The van der Waals surface area contributed by atoms with Gasteiger partial charge >= 0.3 is 0 Å². The second-order valence-corrected chi connectivity index (χ2v) is 6.36. The van der Waals surface area contributed by atoms with Gasteiger partial charge in [-0.3, -0.25) is 9.89 Å². The number of aromatic amines is 1. The highest BCUT2D eigenvalue weighted by atomic mass is 35.5. The predicted octanol–water partition coefficient (Wildman–Crippen LogP) is 3.48. The van der Waals surface area contributed by atoms with Crippen molar-refractivity contribution in [2.45, 2.75) is 13.3 Å². The monoisotopic (exact) mass is 357 g/mol. The molecule has 0 aliphatic carbocycles. The molecule has 2 N–H and O–H groups in total. The van der Waals surface area contributed by atoms with E-state index >= 15 is 0 Å². The third kappa shape index (κ3) is 3.13. The Morgan fingerprint density at radius 1 is 1.28 bits per heavy atom. The Balaban J connectivity index is 1.53. The molecule has 3 aromatic rings. The van der Waals surface area contributed by atoms with Crippen LogP contribution in [0.3, 0.4) is 0 Å². The fourth-order valence-corrected chi connectivity index (χ4v) is 3.17. The normalized spacial score (nSPS) is 13.0. The summed E-state index contributed by atoms with van der Waals surface area (Å²) in [7, 11) is 0. The van der Waals surface area contributed by atoms with Gasteiger partial charge in [-0.2, -0.15) is 5.10 Å². The lowest BCUT2D eigenvalue weighted by Crippen LogP contribution is -2.17. The van der Waals surface area contributed by atoms with Crippen molar-refractivity contribution < 1.29 is 14.3 Å². The van der Waals surface area contributed by atoms with Crippen LogP contribution < -0.4 is 14.8 Å². The van der Waals surface area contributed by atoms with E-state index < -0.39 is 0 Å². The Morgan fingerprint density at radius 2 is 2.12 bits per heavy atom. The molecule has 1 aliphatic rings. The van der Waals surface area contributed by atoms with E-state index in [2.05, 4.69) is 15.5 Å². The van der Waals surface area contributed by atoms with Gasteiger partial charge in [0.25, 0.3) is 0 Å². The summed E-state index contributed by atoms with van der Waals surface area (Å²) in [6, 6.07) is 7.40. The van der Waals surface area contributed by atoms with Crippen molar-refractivity contribution in [1.82, 2.24) is 10.2 Å². The number of carbonyl (C=O) groups is 1. The summed E-state index contributed by atoms with van der Waals surface area (Å²) in [6.07, 6.45) is 1.92. The molecule has 25 heavy (non-hydrogen) atoms. The first-order valence-electron chi connectivity index (χ1n) is 7.92. The van der Waals surface area contributed by atoms with E-state index in [9.17, 15) is 4.79 Å². The number of halogens is 1. The molecule has 4 rings (SSSR count). The van der Waals surface area contributed by atoms with Gasteiger partial charge in [0, 0.05) is 11.1 Å². The van der Waals surface area contributed by atoms with Crippen LogP contribution in [0.1, 0.15) is 11.1 Å². The first kappa shape index (κ1) is 15.8. The first-order chi connectivity index (χ1) is 12.1. The maximum atomic E-state index is 12.4. The van der Waals surface area contributed by atoms with Gasteiger partial charge in [-0.15, -0.1) is 0 Å². The Hall–Kier alpha value is -2.73. The van der Waals surface area contributed by atoms with Gasteiger partial charge in [0.15, 0.2) is 11.5 Å². The fraction of sp³-hybridized carbons (Fsp3) is 0.222. The minimum Gasteiger partial charge on any atom is -0.486 e. The molecule has 1 aromatic heterocycles. The lowest BCUT2D eigenvalue weighted by Gasteiger charge is -2.20. The second kappa shape index (κ2) is 6.29. The van der Waals surface area contributed by atoms with Crippen molar-refractivity contribution in [1.29, 1.82) is 0 Å². The third-order valence-corrected chi connectivity index (χ3v) is 4.36. The highest BCUT2D eigenvalue weighted by Gasteiger charge is 2.18. The third-order valence-electron chi connectivity index (χ3n) is 4.08. The van der Waals surface area contributed by atoms with Crippen LogP contribution in [0.15, 0.2) is 30.5 Å². The van der Waals surface area contributed by atoms with E-state index in [1.807, 2.05) is 19.1 Å². The van der Waals surface area contributed by atoms with E-state index in [-0.39, 0.29) is 12.3 Å². The summed E-state index contributed by atoms with van der Waals surface area (Å²) >= 11 is 6.22. The van der Waals surface area contributed by atoms with Crippen LogP contribution in [0, 0.1) is 6.92 Å². The Morgan fingerprint density at radius 3 is 3.00 bits per heavy atom. The zero-order valence-corrected chi connectivity index (χ0v) is 14.3. The maximum Gasteiger partial charge on any atom is 0.228 e. The predicted molar refractivity (Wildman–Crippen MR) is 95.6 cm³/mol. The maximum absolute atomic E-state index is 12.4. The average molecular weight is 358 g/mol. The molecule has 1 amide bonds. The Kier molecular flexibility index (Phi) is 3.97. The summed E-state index contributed by atoms with van der Waals surface area (Å²) in [5.74, 6) is 0.995. The number of carbonyl (C=O) groups excluding carboxylic acids is 1. The molecule has 2 heterocycles. The molecule has 0 unspecified atom stereocenters. The van der Waals surface area contributed by atoms with E-state index in [1.165, 1.54) is 0 Å². The number of hydrogen-bond donors (Lipinski definition) is 2. The van der Waals surface area contributed by atoms with Gasteiger partial charge in [-0.1, -0.05) is 11.6 Å². The van der Waals surface area contributed by atoms with Gasteiger partial charge in [-0.25, -0.2) is 0 Å². The van der Waals surface area contributed by atoms with Crippen LogP contribution in [0.25, 0.3) is 10.9 Å². The van der Waals surface area contributed by atoms with E-state index in [4.69, 9.17) is 21.1 Å². The second-order valence-electron chi connectivity index (χ2n) is 5.95. The number of hydrogen-bond acceptors (Lipinski definition) is 4. The van der Waals surface area contributed by atoms with Crippen molar-refractivity contribution >= 4 is 34.1 Å². The highest BCUT2D eigenvalue weighted by molar-refractivity contribution is 6.32. The molecule has 6 nitrogen and oxygen atoms in total. The average Bonchev–Trinajstić information content (AvgIpc) is 3.02. The SMILES string of the molecule is Cc1cc2[nH]ncc2cc1NC(=O)Cc1cc(Cl)c2c(c1)OCCO2. The van der Waals surface area contributed by atoms with Crippen LogP contribution >= 0.6 is 11.6 Å². The summed E-state index contributed by atoms with van der Waals surface area (Å²) < 4.78 is 11.0. The number of ether oxygens (including phenoxy) is 2. The summed E-state index contributed by atoms with van der Waals surface area (Å²) in [5.41, 5.74) is 3.44. The summed E-state index contributed by atoms with van der Waals surface area (Å²) in [4.78, 5) is 12.4. The molecular formula is C18H16ClN3O3. The quantitative estimate of drug-likeness (QED) is 0.752. The zero-order chi connectivity index (χ0) is 17.4. The van der Waals surface area contributed by atoms with Crippen molar-refractivity contribution in [3.63, 3.8) is 0 Å². The van der Waals surface area contributed by atoms with Crippen molar-refractivity contribution in [2.24, 2.45) is 0 Å². The summed E-state index contributed by atoms with van der Waals surface area (Å²) in [6.45, 7) is 2.89.